The summed E-state index contributed by atoms with van der Waals surface area (Å²) in [5.74, 6) is 1.71. The summed E-state index contributed by atoms with van der Waals surface area (Å²) < 4.78 is 8.07. The zero-order chi connectivity index (χ0) is 13.8. The fraction of sp³-hybridized carbons (Fsp3) is 0.200. The lowest BCUT2D eigenvalue weighted by Gasteiger charge is -2.13. The van der Waals surface area contributed by atoms with E-state index in [4.69, 9.17) is 10.5 Å². The lowest BCUT2D eigenvalue weighted by molar-refractivity contribution is 0.472. The minimum atomic E-state index is 0.608. The van der Waals surface area contributed by atoms with E-state index in [-0.39, 0.29) is 0 Å². The third kappa shape index (κ3) is 3.81. The van der Waals surface area contributed by atoms with Crippen LogP contribution in [0.4, 0.5) is 0 Å². The van der Waals surface area contributed by atoms with Gasteiger partial charge in [-0.25, -0.2) is 0 Å². The average Bonchev–Trinajstić information content (AvgIpc) is 2.36. The van der Waals surface area contributed by atoms with Gasteiger partial charge in [0.2, 0.25) is 0 Å². The first-order chi connectivity index (χ1) is 9.10. The summed E-state index contributed by atoms with van der Waals surface area (Å²) >= 11 is 6.93. The second kappa shape index (κ2) is 6.55. The Bertz CT molecular complexity index is 584. The Hall–Kier alpha value is -0.840. The van der Waals surface area contributed by atoms with Crippen molar-refractivity contribution in [2.45, 2.75) is 13.3 Å². The smallest absolute Gasteiger partial charge is 0.131 e. The number of aryl methyl sites for hydroxylation is 1. The minimum absolute atomic E-state index is 0.608. The number of hydrogen-bond donors (Lipinski definition) is 1. The van der Waals surface area contributed by atoms with Crippen molar-refractivity contribution in [2.75, 3.05) is 6.54 Å². The maximum absolute atomic E-state index is 6.02. The van der Waals surface area contributed by atoms with E-state index in [1.165, 1.54) is 0 Å². The molecule has 0 aliphatic carbocycles. The van der Waals surface area contributed by atoms with E-state index in [1.807, 2.05) is 43.3 Å². The molecule has 0 aliphatic rings. The molecule has 0 amide bonds. The third-order valence-electron chi connectivity index (χ3n) is 2.80. The second-order valence-electron chi connectivity index (χ2n) is 4.30. The normalized spacial score (nSPS) is 10.5. The van der Waals surface area contributed by atoms with Crippen LogP contribution in [0.2, 0.25) is 0 Å². The molecule has 2 aromatic carbocycles. The van der Waals surface area contributed by atoms with Gasteiger partial charge in [-0.2, -0.15) is 0 Å². The van der Waals surface area contributed by atoms with Gasteiger partial charge in [0.15, 0.2) is 0 Å². The Morgan fingerprint density at radius 3 is 2.37 bits per heavy atom. The average molecular weight is 385 g/mol. The van der Waals surface area contributed by atoms with Crippen molar-refractivity contribution in [3.05, 3.63) is 56.5 Å². The number of halogens is 2. The van der Waals surface area contributed by atoms with Gasteiger partial charge in [-0.05, 0) is 61.3 Å². The van der Waals surface area contributed by atoms with Gasteiger partial charge in [0, 0.05) is 8.95 Å². The van der Waals surface area contributed by atoms with Crippen molar-refractivity contribution in [1.29, 1.82) is 0 Å². The second-order valence-corrected chi connectivity index (χ2v) is 6.13. The summed E-state index contributed by atoms with van der Waals surface area (Å²) in [4.78, 5) is 0. The predicted octanol–water partition coefficient (Wildman–Crippen LogP) is 4.81. The van der Waals surface area contributed by atoms with E-state index in [9.17, 15) is 0 Å². The number of benzene rings is 2. The van der Waals surface area contributed by atoms with Gasteiger partial charge in [-0.3, -0.25) is 0 Å². The molecule has 2 aromatic rings. The van der Waals surface area contributed by atoms with Gasteiger partial charge in [0.05, 0.1) is 0 Å². The molecule has 0 bridgehead atoms. The highest BCUT2D eigenvalue weighted by Gasteiger charge is 2.07. The topological polar surface area (TPSA) is 35.2 Å². The first-order valence-electron chi connectivity index (χ1n) is 6.02. The Labute approximate surface area is 130 Å². The summed E-state index contributed by atoms with van der Waals surface area (Å²) in [5, 5.41) is 0. The van der Waals surface area contributed by atoms with Crippen LogP contribution in [0.5, 0.6) is 11.5 Å². The summed E-state index contributed by atoms with van der Waals surface area (Å²) in [7, 11) is 0. The van der Waals surface area contributed by atoms with E-state index in [0.717, 1.165) is 38.0 Å². The Morgan fingerprint density at radius 2 is 1.68 bits per heavy atom. The van der Waals surface area contributed by atoms with Crippen molar-refractivity contribution in [3.63, 3.8) is 0 Å². The summed E-state index contributed by atoms with van der Waals surface area (Å²) in [6.07, 6.45) is 0.804. The molecular formula is C15H15Br2NO. The van der Waals surface area contributed by atoms with Crippen LogP contribution in [-0.4, -0.2) is 6.54 Å². The number of rotatable bonds is 4. The van der Waals surface area contributed by atoms with Gasteiger partial charge >= 0.3 is 0 Å². The minimum Gasteiger partial charge on any atom is -0.457 e. The van der Waals surface area contributed by atoms with Crippen molar-refractivity contribution in [2.24, 2.45) is 5.73 Å². The zero-order valence-corrected chi connectivity index (χ0v) is 13.8. The Balaban J connectivity index is 2.33. The molecule has 0 saturated carbocycles. The molecule has 0 unspecified atom stereocenters. The highest BCUT2D eigenvalue weighted by molar-refractivity contribution is 9.10. The van der Waals surface area contributed by atoms with Crippen LogP contribution >= 0.6 is 31.9 Å². The SMILES string of the molecule is Cc1cc(Br)ccc1Oc1cc(Br)ccc1CCN. The van der Waals surface area contributed by atoms with E-state index < -0.39 is 0 Å². The summed E-state index contributed by atoms with van der Waals surface area (Å²) in [6, 6.07) is 12.0. The van der Waals surface area contributed by atoms with Crippen LogP contribution in [0.1, 0.15) is 11.1 Å². The molecule has 0 spiro atoms. The van der Waals surface area contributed by atoms with Crippen molar-refractivity contribution in [3.8, 4) is 11.5 Å². The monoisotopic (exact) mass is 383 g/mol. The number of nitrogens with two attached hydrogens (primary N) is 1. The predicted molar refractivity (Wildman–Crippen MR) is 85.9 cm³/mol. The molecule has 2 rings (SSSR count). The van der Waals surface area contributed by atoms with Crippen LogP contribution in [0.25, 0.3) is 0 Å². The molecule has 0 aliphatic heterocycles. The maximum atomic E-state index is 6.02. The molecule has 0 radical (unpaired) electrons. The molecule has 2 nitrogen and oxygen atoms in total. The standard InChI is InChI=1S/C15H15Br2NO/c1-10-8-12(16)4-5-14(10)19-15-9-13(17)3-2-11(15)6-7-18/h2-5,8-9H,6-7,18H2,1H3. The molecule has 0 heterocycles. The summed E-state index contributed by atoms with van der Waals surface area (Å²) in [5.41, 5.74) is 7.85. The highest BCUT2D eigenvalue weighted by atomic mass is 79.9. The largest absolute Gasteiger partial charge is 0.457 e. The maximum Gasteiger partial charge on any atom is 0.131 e. The van der Waals surface area contributed by atoms with E-state index in [2.05, 4.69) is 31.9 Å². The lowest BCUT2D eigenvalue weighted by Crippen LogP contribution is -2.04. The molecule has 19 heavy (non-hydrogen) atoms. The molecule has 0 aromatic heterocycles. The van der Waals surface area contributed by atoms with Crippen LogP contribution < -0.4 is 10.5 Å². The van der Waals surface area contributed by atoms with Crippen LogP contribution in [0, 0.1) is 6.92 Å². The van der Waals surface area contributed by atoms with Gasteiger partial charge in [-0.1, -0.05) is 37.9 Å². The van der Waals surface area contributed by atoms with E-state index >= 15 is 0 Å². The first-order valence-corrected chi connectivity index (χ1v) is 7.61. The van der Waals surface area contributed by atoms with E-state index in [1.54, 1.807) is 0 Å². The van der Waals surface area contributed by atoms with Gasteiger partial charge < -0.3 is 10.5 Å². The molecule has 0 atom stereocenters. The quantitative estimate of drug-likeness (QED) is 0.820. The van der Waals surface area contributed by atoms with Gasteiger partial charge in [0.1, 0.15) is 11.5 Å². The van der Waals surface area contributed by atoms with Gasteiger partial charge in [0.25, 0.3) is 0 Å². The van der Waals surface area contributed by atoms with Crippen LogP contribution in [0.15, 0.2) is 45.3 Å². The molecular weight excluding hydrogens is 370 g/mol. The third-order valence-corrected chi connectivity index (χ3v) is 3.79. The van der Waals surface area contributed by atoms with E-state index in [0.29, 0.717) is 6.54 Å². The molecule has 0 saturated heterocycles. The Morgan fingerprint density at radius 1 is 1.00 bits per heavy atom. The fourth-order valence-corrected chi connectivity index (χ4v) is 2.65. The zero-order valence-electron chi connectivity index (χ0n) is 10.6. The number of ether oxygens (including phenoxy) is 1. The molecule has 100 valence electrons. The fourth-order valence-electron chi connectivity index (χ4n) is 1.83. The van der Waals surface area contributed by atoms with Crippen molar-refractivity contribution in [1.82, 2.24) is 0 Å². The van der Waals surface area contributed by atoms with Crippen molar-refractivity contribution >= 4 is 31.9 Å². The molecule has 4 heteroatoms. The summed E-state index contributed by atoms with van der Waals surface area (Å²) in [6.45, 7) is 2.64. The van der Waals surface area contributed by atoms with Crippen LogP contribution in [-0.2, 0) is 6.42 Å². The highest BCUT2D eigenvalue weighted by Crippen LogP contribution is 2.31. The van der Waals surface area contributed by atoms with Gasteiger partial charge in [-0.15, -0.1) is 0 Å². The lowest BCUT2D eigenvalue weighted by atomic mass is 10.1. The molecule has 0 fully saturated rings. The van der Waals surface area contributed by atoms with Crippen LogP contribution in [0.3, 0.4) is 0 Å². The Kier molecular flexibility index (Phi) is 5.02. The van der Waals surface area contributed by atoms with Crippen molar-refractivity contribution < 1.29 is 4.74 Å². The molecule has 2 N–H and O–H groups in total. The first kappa shape index (κ1) is 14.6. The number of hydrogen-bond acceptors (Lipinski definition) is 2.